The van der Waals surface area contributed by atoms with Gasteiger partial charge in [0.1, 0.15) is 18.2 Å². The van der Waals surface area contributed by atoms with Crippen LogP contribution in [0, 0.1) is 11.2 Å². The number of hydrogen-bond donors (Lipinski definition) is 1. The third-order valence-corrected chi connectivity index (χ3v) is 4.26. The lowest BCUT2D eigenvalue weighted by molar-refractivity contribution is -0.140. The van der Waals surface area contributed by atoms with Gasteiger partial charge in [-0.1, -0.05) is 12.8 Å². The lowest BCUT2D eigenvalue weighted by atomic mass is 9.85. The first-order chi connectivity index (χ1) is 10.1. The van der Waals surface area contributed by atoms with E-state index in [4.69, 9.17) is 10.5 Å². The number of halogens is 1. The summed E-state index contributed by atoms with van der Waals surface area (Å²) < 4.78 is 18.3. The van der Waals surface area contributed by atoms with Crippen LogP contribution in [-0.2, 0) is 4.79 Å². The molecule has 1 amide bonds. The topological polar surface area (TPSA) is 55.6 Å². The van der Waals surface area contributed by atoms with Crippen molar-refractivity contribution in [2.24, 2.45) is 11.1 Å². The molecule has 1 saturated carbocycles. The molecule has 0 radical (unpaired) electrons. The van der Waals surface area contributed by atoms with Crippen LogP contribution < -0.4 is 10.5 Å². The van der Waals surface area contributed by atoms with E-state index in [1.165, 1.54) is 12.1 Å². The molecule has 0 unspecified atom stereocenters. The molecule has 1 aromatic rings. The zero-order valence-electron chi connectivity index (χ0n) is 12.5. The van der Waals surface area contributed by atoms with E-state index >= 15 is 0 Å². The number of benzene rings is 1. The van der Waals surface area contributed by atoms with Crippen LogP contribution in [0.1, 0.15) is 25.7 Å². The molecule has 0 aromatic heterocycles. The predicted molar refractivity (Wildman–Crippen MR) is 79.5 cm³/mol. The van der Waals surface area contributed by atoms with Crippen molar-refractivity contribution in [3.05, 3.63) is 30.1 Å². The van der Waals surface area contributed by atoms with E-state index in [2.05, 4.69) is 0 Å². The number of carbonyl (C=O) groups excluding carboxylic acids is 1. The van der Waals surface area contributed by atoms with Crippen LogP contribution >= 0.6 is 0 Å². The molecule has 0 atom stereocenters. The molecule has 4 nitrogen and oxygen atoms in total. The predicted octanol–water partition coefficient (Wildman–Crippen LogP) is 2.18. The first-order valence-electron chi connectivity index (χ1n) is 7.41. The molecule has 1 fully saturated rings. The monoisotopic (exact) mass is 294 g/mol. The number of amides is 1. The summed E-state index contributed by atoms with van der Waals surface area (Å²) in [5, 5.41) is 0. The summed E-state index contributed by atoms with van der Waals surface area (Å²) in [6, 6.07) is 5.86. The zero-order valence-corrected chi connectivity index (χ0v) is 12.5. The van der Waals surface area contributed by atoms with Gasteiger partial charge in [0, 0.05) is 13.6 Å². The molecule has 1 aliphatic carbocycles. The molecule has 21 heavy (non-hydrogen) atoms. The summed E-state index contributed by atoms with van der Waals surface area (Å²) in [5.41, 5.74) is 5.46. The minimum atomic E-state index is -0.370. The van der Waals surface area contributed by atoms with Crippen LogP contribution in [0.25, 0.3) is 0 Å². The van der Waals surface area contributed by atoms with Crippen LogP contribution in [0.5, 0.6) is 5.75 Å². The zero-order chi connectivity index (χ0) is 15.3. The van der Waals surface area contributed by atoms with Crippen molar-refractivity contribution in [1.82, 2.24) is 4.90 Å². The van der Waals surface area contributed by atoms with Gasteiger partial charge in [0.25, 0.3) is 0 Å². The molecular formula is C16H23FN2O2. The van der Waals surface area contributed by atoms with Gasteiger partial charge in [-0.2, -0.15) is 0 Å². The highest BCUT2D eigenvalue weighted by atomic mass is 19.1. The molecule has 0 heterocycles. The number of hydrogen-bond acceptors (Lipinski definition) is 3. The second-order valence-electron chi connectivity index (χ2n) is 5.72. The average molecular weight is 294 g/mol. The summed E-state index contributed by atoms with van der Waals surface area (Å²) in [7, 11) is 1.78. The Bertz CT molecular complexity index is 470. The summed E-state index contributed by atoms with van der Waals surface area (Å²) in [6.07, 6.45) is 3.91. The molecule has 0 spiro atoms. The Morgan fingerprint density at radius 2 is 1.95 bits per heavy atom. The van der Waals surface area contributed by atoms with Crippen LogP contribution in [-0.4, -0.2) is 37.6 Å². The molecular weight excluding hydrogens is 271 g/mol. The van der Waals surface area contributed by atoms with Gasteiger partial charge in [0.2, 0.25) is 5.91 Å². The lowest BCUT2D eigenvalue weighted by Crippen LogP contribution is -2.46. The Labute approximate surface area is 125 Å². The van der Waals surface area contributed by atoms with Gasteiger partial charge in [-0.05, 0) is 37.1 Å². The fourth-order valence-electron chi connectivity index (χ4n) is 2.89. The molecule has 116 valence electrons. The molecule has 0 saturated heterocycles. The van der Waals surface area contributed by atoms with Crippen LogP contribution in [0.15, 0.2) is 24.3 Å². The van der Waals surface area contributed by atoms with E-state index in [1.54, 1.807) is 24.1 Å². The minimum Gasteiger partial charge on any atom is -0.492 e. The van der Waals surface area contributed by atoms with E-state index in [-0.39, 0.29) is 17.1 Å². The third kappa shape index (κ3) is 3.73. The molecule has 1 aliphatic rings. The van der Waals surface area contributed by atoms with E-state index in [1.807, 2.05) is 0 Å². The van der Waals surface area contributed by atoms with Gasteiger partial charge >= 0.3 is 0 Å². The van der Waals surface area contributed by atoms with Crippen LogP contribution in [0.4, 0.5) is 4.39 Å². The number of rotatable bonds is 6. The fraction of sp³-hybridized carbons (Fsp3) is 0.562. The van der Waals surface area contributed by atoms with Crippen molar-refractivity contribution in [3.8, 4) is 5.75 Å². The number of ether oxygens (including phenoxy) is 1. The van der Waals surface area contributed by atoms with E-state index in [9.17, 15) is 9.18 Å². The van der Waals surface area contributed by atoms with E-state index in [0.29, 0.717) is 25.4 Å². The normalized spacial score (nSPS) is 16.7. The van der Waals surface area contributed by atoms with Crippen LogP contribution in [0.2, 0.25) is 0 Å². The summed E-state index contributed by atoms with van der Waals surface area (Å²) in [4.78, 5) is 14.2. The summed E-state index contributed by atoms with van der Waals surface area (Å²) in [5.74, 6) is 0.428. The standard InChI is InChI=1S/C16H23FN2O2/c1-19(15(20)16(12-18)8-2-3-9-16)10-11-21-14-6-4-13(17)5-7-14/h4-7H,2-3,8-12,18H2,1H3. The number of nitrogens with two attached hydrogens (primary N) is 1. The van der Waals surface area contributed by atoms with Crippen molar-refractivity contribution in [2.75, 3.05) is 26.7 Å². The van der Waals surface area contributed by atoms with Crippen molar-refractivity contribution >= 4 is 5.91 Å². The van der Waals surface area contributed by atoms with Crippen molar-refractivity contribution in [1.29, 1.82) is 0 Å². The first kappa shape index (κ1) is 15.8. The maximum atomic E-state index is 12.8. The average Bonchev–Trinajstić information content (AvgIpc) is 2.98. The van der Waals surface area contributed by atoms with Gasteiger partial charge in [-0.15, -0.1) is 0 Å². The van der Waals surface area contributed by atoms with Crippen molar-refractivity contribution < 1.29 is 13.9 Å². The lowest BCUT2D eigenvalue weighted by Gasteiger charge is -2.31. The molecule has 1 aromatic carbocycles. The Morgan fingerprint density at radius 1 is 1.33 bits per heavy atom. The quantitative estimate of drug-likeness (QED) is 0.875. The smallest absolute Gasteiger partial charge is 0.229 e. The fourth-order valence-corrected chi connectivity index (χ4v) is 2.89. The second-order valence-corrected chi connectivity index (χ2v) is 5.72. The third-order valence-electron chi connectivity index (χ3n) is 4.26. The summed E-state index contributed by atoms with van der Waals surface area (Å²) in [6.45, 7) is 1.29. The molecule has 5 heteroatoms. The molecule has 2 N–H and O–H groups in total. The first-order valence-corrected chi connectivity index (χ1v) is 7.41. The molecule has 0 aliphatic heterocycles. The van der Waals surface area contributed by atoms with Gasteiger partial charge < -0.3 is 15.4 Å². The largest absolute Gasteiger partial charge is 0.492 e. The molecule has 0 bridgehead atoms. The van der Waals surface area contributed by atoms with Crippen molar-refractivity contribution in [3.63, 3.8) is 0 Å². The Hall–Kier alpha value is -1.62. The SMILES string of the molecule is CN(CCOc1ccc(F)cc1)C(=O)C1(CN)CCCC1. The Kier molecular flexibility index (Phi) is 5.17. The van der Waals surface area contributed by atoms with E-state index in [0.717, 1.165) is 25.7 Å². The maximum absolute atomic E-state index is 12.8. The van der Waals surface area contributed by atoms with E-state index < -0.39 is 0 Å². The number of carbonyl (C=O) groups is 1. The van der Waals surface area contributed by atoms with Crippen LogP contribution in [0.3, 0.4) is 0 Å². The second kappa shape index (κ2) is 6.89. The highest BCUT2D eigenvalue weighted by molar-refractivity contribution is 5.83. The van der Waals surface area contributed by atoms with Gasteiger partial charge in [0.05, 0.1) is 12.0 Å². The number of likely N-dealkylation sites (N-methyl/N-ethyl adjacent to an activating group) is 1. The highest BCUT2D eigenvalue weighted by Gasteiger charge is 2.41. The van der Waals surface area contributed by atoms with Gasteiger partial charge in [-0.25, -0.2) is 4.39 Å². The van der Waals surface area contributed by atoms with Gasteiger partial charge in [-0.3, -0.25) is 4.79 Å². The Balaban J connectivity index is 1.82. The Morgan fingerprint density at radius 3 is 2.52 bits per heavy atom. The maximum Gasteiger partial charge on any atom is 0.229 e. The highest BCUT2D eigenvalue weighted by Crippen LogP contribution is 2.38. The van der Waals surface area contributed by atoms with Crippen molar-refractivity contribution in [2.45, 2.75) is 25.7 Å². The number of nitrogens with zero attached hydrogens (tertiary/aromatic N) is 1. The molecule has 2 rings (SSSR count). The summed E-state index contributed by atoms with van der Waals surface area (Å²) >= 11 is 0. The minimum absolute atomic E-state index is 0.116. The van der Waals surface area contributed by atoms with Gasteiger partial charge in [0.15, 0.2) is 0 Å².